The summed E-state index contributed by atoms with van der Waals surface area (Å²) in [4.78, 5) is 16.9. The summed E-state index contributed by atoms with van der Waals surface area (Å²) in [6, 6.07) is 19.3. The molecule has 0 spiro atoms. The van der Waals surface area contributed by atoms with Crippen LogP contribution in [0.3, 0.4) is 0 Å². The van der Waals surface area contributed by atoms with Crippen molar-refractivity contribution >= 4 is 11.7 Å². The van der Waals surface area contributed by atoms with Crippen molar-refractivity contribution in [3.63, 3.8) is 0 Å². The highest BCUT2D eigenvalue weighted by Gasteiger charge is 2.12. The number of carbonyl (C=O) groups excluding carboxylic acids is 1. The van der Waals surface area contributed by atoms with Crippen LogP contribution in [0.1, 0.15) is 30.0 Å². The zero-order valence-corrected chi connectivity index (χ0v) is 18.1. The number of anilines is 1. The van der Waals surface area contributed by atoms with Crippen LogP contribution in [-0.4, -0.2) is 32.9 Å². The number of hydrogen-bond acceptors (Lipinski definition) is 6. The molecular weight excluding hydrogens is 406 g/mol. The Kier molecular flexibility index (Phi) is 6.60. The standard InChI is InChI=1S/C24H25N5O3/c1-17-15-21(29(27-17)16-18-7-4-3-5-8-18)25-22(30)9-6-10-23-26-24(28-32-23)19-11-13-20(31-2)14-12-19/h3-5,7-8,11-15H,6,9-10,16H2,1-2H3,(H,25,30). The molecule has 1 amide bonds. The number of hydrogen-bond donors (Lipinski definition) is 1. The summed E-state index contributed by atoms with van der Waals surface area (Å²) in [6.45, 7) is 2.51. The second-order valence-corrected chi connectivity index (χ2v) is 7.46. The van der Waals surface area contributed by atoms with E-state index in [4.69, 9.17) is 9.26 Å². The van der Waals surface area contributed by atoms with Crippen LogP contribution >= 0.6 is 0 Å². The molecule has 0 aliphatic carbocycles. The highest BCUT2D eigenvalue weighted by molar-refractivity contribution is 5.89. The molecule has 164 valence electrons. The summed E-state index contributed by atoms with van der Waals surface area (Å²) in [7, 11) is 1.62. The van der Waals surface area contributed by atoms with Gasteiger partial charge in [-0.05, 0) is 43.2 Å². The molecule has 32 heavy (non-hydrogen) atoms. The molecule has 0 radical (unpaired) electrons. The Labute approximate surface area is 186 Å². The molecule has 0 saturated carbocycles. The molecular formula is C24H25N5O3. The van der Waals surface area contributed by atoms with E-state index in [-0.39, 0.29) is 5.91 Å². The maximum Gasteiger partial charge on any atom is 0.226 e. The lowest BCUT2D eigenvalue weighted by molar-refractivity contribution is -0.116. The minimum absolute atomic E-state index is 0.0749. The van der Waals surface area contributed by atoms with Gasteiger partial charge in [0.25, 0.3) is 0 Å². The van der Waals surface area contributed by atoms with Gasteiger partial charge in [-0.15, -0.1) is 0 Å². The fourth-order valence-corrected chi connectivity index (χ4v) is 3.34. The second-order valence-electron chi connectivity index (χ2n) is 7.46. The smallest absolute Gasteiger partial charge is 0.226 e. The van der Waals surface area contributed by atoms with Crippen LogP contribution in [0.5, 0.6) is 5.75 Å². The fourth-order valence-electron chi connectivity index (χ4n) is 3.34. The zero-order chi connectivity index (χ0) is 22.3. The van der Waals surface area contributed by atoms with Crippen LogP contribution < -0.4 is 10.1 Å². The fraction of sp³-hybridized carbons (Fsp3) is 0.250. The molecule has 0 atom stereocenters. The lowest BCUT2D eigenvalue weighted by atomic mass is 10.2. The van der Waals surface area contributed by atoms with Gasteiger partial charge in [-0.2, -0.15) is 10.1 Å². The minimum Gasteiger partial charge on any atom is -0.497 e. The molecule has 1 N–H and O–H groups in total. The van der Waals surface area contributed by atoms with E-state index in [0.717, 1.165) is 22.6 Å². The van der Waals surface area contributed by atoms with E-state index in [1.807, 2.05) is 72.3 Å². The van der Waals surface area contributed by atoms with Gasteiger partial charge < -0.3 is 14.6 Å². The van der Waals surface area contributed by atoms with Crippen LogP contribution in [0.25, 0.3) is 11.4 Å². The maximum absolute atomic E-state index is 12.5. The molecule has 2 heterocycles. The molecule has 0 bridgehead atoms. The van der Waals surface area contributed by atoms with Crippen molar-refractivity contribution < 1.29 is 14.1 Å². The molecule has 2 aromatic heterocycles. The monoisotopic (exact) mass is 431 g/mol. The summed E-state index contributed by atoms with van der Waals surface area (Å²) < 4.78 is 12.3. The highest BCUT2D eigenvalue weighted by Crippen LogP contribution is 2.20. The van der Waals surface area contributed by atoms with Crippen LogP contribution in [0.4, 0.5) is 5.82 Å². The molecule has 2 aromatic carbocycles. The zero-order valence-electron chi connectivity index (χ0n) is 18.1. The number of benzene rings is 2. The van der Waals surface area contributed by atoms with E-state index in [1.165, 1.54) is 0 Å². The number of nitrogens with zero attached hydrogens (tertiary/aromatic N) is 4. The van der Waals surface area contributed by atoms with Crippen LogP contribution in [0.2, 0.25) is 0 Å². The lowest BCUT2D eigenvalue weighted by Crippen LogP contribution is -2.16. The van der Waals surface area contributed by atoms with Crippen molar-refractivity contribution in [3.8, 4) is 17.1 Å². The first-order valence-corrected chi connectivity index (χ1v) is 10.5. The maximum atomic E-state index is 12.5. The lowest BCUT2D eigenvalue weighted by Gasteiger charge is -2.09. The summed E-state index contributed by atoms with van der Waals surface area (Å²) in [5, 5.41) is 11.5. The van der Waals surface area contributed by atoms with Crippen molar-refractivity contribution in [3.05, 3.63) is 77.8 Å². The van der Waals surface area contributed by atoms with E-state index < -0.39 is 0 Å². The average molecular weight is 431 g/mol. The molecule has 0 aliphatic rings. The van der Waals surface area contributed by atoms with Gasteiger partial charge in [0.1, 0.15) is 11.6 Å². The van der Waals surface area contributed by atoms with Crippen molar-refractivity contribution in [1.29, 1.82) is 0 Å². The van der Waals surface area contributed by atoms with Crippen LogP contribution in [0.15, 0.2) is 65.2 Å². The number of carbonyl (C=O) groups is 1. The van der Waals surface area contributed by atoms with Gasteiger partial charge >= 0.3 is 0 Å². The Morgan fingerprint density at radius 1 is 1.12 bits per heavy atom. The van der Waals surface area contributed by atoms with E-state index in [9.17, 15) is 4.79 Å². The highest BCUT2D eigenvalue weighted by atomic mass is 16.5. The normalized spacial score (nSPS) is 10.8. The first-order valence-electron chi connectivity index (χ1n) is 10.5. The summed E-state index contributed by atoms with van der Waals surface area (Å²) >= 11 is 0. The molecule has 0 saturated heterocycles. The van der Waals surface area contributed by atoms with Gasteiger partial charge in [-0.3, -0.25) is 4.79 Å². The summed E-state index contributed by atoms with van der Waals surface area (Å²) in [5.41, 5.74) is 2.82. The second kappa shape index (κ2) is 9.91. The van der Waals surface area contributed by atoms with Crippen molar-refractivity contribution in [2.75, 3.05) is 12.4 Å². The van der Waals surface area contributed by atoms with Crippen molar-refractivity contribution in [2.24, 2.45) is 0 Å². The van der Waals surface area contributed by atoms with Crippen LogP contribution in [-0.2, 0) is 17.8 Å². The van der Waals surface area contributed by atoms with E-state index in [1.54, 1.807) is 7.11 Å². The van der Waals surface area contributed by atoms with E-state index >= 15 is 0 Å². The van der Waals surface area contributed by atoms with Crippen molar-refractivity contribution in [1.82, 2.24) is 19.9 Å². The van der Waals surface area contributed by atoms with Gasteiger partial charge in [-0.1, -0.05) is 35.5 Å². The summed E-state index contributed by atoms with van der Waals surface area (Å²) in [5.74, 6) is 2.41. The Hall–Kier alpha value is -3.94. The van der Waals surface area contributed by atoms with Gasteiger partial charge in [-0.25, -0.2) is 4.68 Å². The number of aryl methyl sites for hydroxylation is 2. The average Bonchev–Trinajstić information content (AvgIpc) is 3.41. The van der Waals surface area contributed by atoms with Gasteiger partial charge in [0.05, 0.1) is 19.3 Å². The predicted octanol–water partition coefficient (Wildman–Crippen LogP) is 4.26. The SMILES string of the molecule is COc1ccc(-c2noc(CCCC(=O)Nc3cc(C)nn3Cc3ccccc3)n2)cc1. The Bertz CT molecular complexity index is 1170. The first kappa shape index (κ1) is 21.3. The Morgan fingerprint density at radius 2 is 1.91 bits per heavy atom. The predicted molar refractivity (Wildman–Crippen MR) is 120 cm³/mol. The van der Waals surface area contributed by atoms with E-state index in [0.29, 0.717) is 43.3 Å². The number of ether oxygens (including phenoxy) is 1. The first-order chi connectivity index (χ1) is 15.6. The topological polar surface area (TPSA) is 95.1 Å². The molecule has 0 aliphatic heterocycles. The summed E-state index contributed by atoms with van der Waals surface area (Å²) in [6.07, 6.45) is 1.47. The number of amides is 1. The molecule has 4 aromatic rings. The third-order valence-electron chi connectivity index (χ3n) is 4.96. The van der Waals surface area contributed by atoms with Gasteiger partial charge in [0.15, 0.2) is 0 Å². The third-order valence-corrected chi connectivity index (χ3v) is 4.96. The number of methoxy groups -OCH3 is 1. The molecule has 0 unspecified atom stereocenters. The molecule has 4 rings (SSSR count). The van der Waals surface area contributed by atoms with Gasteiger partial charge in [0.2, 0.25) is 17.6 Å². The number of rotatable bonds is 9. The number of nitrogens with one attached hydrogen (secondary N) is 1. The van der Waals surface area contributed by atoms with Crippen molar-refractivity contribution in [2.45, 2.75) is 32.7 Å². The van der Waals surface area contributed by atoms with Gasteiger partial charge in [0, 0.05) is 24.5 Å². The van der Waals surface area contributed by atoms with Crippen LogP contribution in [0, 0.1) is 6.92 Å². The largest absolute Gasteiger partial charge is 0.497 e. The Balaban J connectivity index is 1.29. The number of aromatic nitrogens is 4. The quantitative estimate of drug-likeness (QED) is 0.425. The molecule has 8 nitrogen and oxygen atoms in total. The van der Waals surface area contributed by atoms with E-state index in [2.05, 4.69) is 20.6 Å². The molecule has 0 fully saturated rings. The molecule has 8 heteroatoms. The third kappa shape index (κ3) is 5.40. The minimum atomic E-state index is -0.0749. The Morgan fingerprint density at radius 3 is 2.66 bits per heavy atom.